The first kappa shape index (κ1) is 32.0. The Balaban J connectivity index is 1.32. The molecule has 10 nitrogen and oxygen atoms in total. The minimum absolute atomic E-state index is 0.0119. The molecule has 44 heavy (non-hydrogen) atoms. The van der Waals surface area contributed by atoms with Crippen molar-refractivity contribution in [1.29, 1.82) is 0 Å². The number of aliphatic hydroxyl groups is 1. The van der Waals surface area contributed by atoms with Crippen LogP contribution in [0.4, 0.5) is 28.5 Å². The molecule has 2 aliphatic rings. The van der Waals surface area contributed by atoms with E-state index in [1.807, 2.05) is 4.90 Å². The highest BCUT2D eigenvalue weighted by Crippen LogP contribution is 2.39. The zero-order valence-electron chi connectivity index (χ0n) is 24.4. The van der Waals surface area contributed by atoms with Gasteiger partial charge in [-0.25, -0.2) is 14.4 Å². The highest BCUT2D eigenvalue weighted by molar-refractivity contribution is 7.16. The van der Waals surface area contributed by atoms with Crippen molar-refractivity contribution in [2.75, 3.05) is 42.9 Å². The molecule has 0 radical (unpaired) electrons. The fraction of sp³-hybridized carbons (Fsp3) is 0.517. The number of benzene rings is 1. The quantitative estimate of drug-likeness (QED) is 0.211. The smallest absolute Gasteiger partial charge is 0.416 e. The van der Waals surface area contributed by atoms with E-state index in [4.69, 9.17) is 5.11 Å². The molecule has 4 heterocycles. The van der Waals surface area contributed by atoms with E-state index in [0.717, 1.165) is 25.0 Å². The van der Waals surface area contributed by atoms with E-state index in [2.05, 4.69) is 43.9 Å². The topological polar surface area (TPSA) is 118 Å². The average molecular weight is 638 g/mol. The number of aromatic nitrogens is 3. The Morgan fingerprint density at radius 2 is 1.80 bits per heavy atom. The molecule has 15 heteroatoms. The van der Waals surface area contributed by atoms with Crippen LogP contribution in [-0.2, 0) is 17.5 Å². The predicted octanol–water partition coefficient (Wildman–Crippen LogP) is 4.83. The number of carbonyl (C=O) groups is 1. The van der Waals surface area contributed by atoms with Crippen molar-refractivity contribution >= 4 is 28.3 Å². The summed E-state index contributed by atoms with van der Waals surface area (Å²) < 4.78 is 54.9. The largest absolute Gasteiger partial charge is 0.481 e. The SMILES string of the molecule is C[C@@H]1CC[C@H](C)N1Cc1sc(NC(O)c2cnc(N3CCN(CCC(=O)O)CC3)cn2)nc1-c1cc(F)cc(C(F)(F)F)c1. The van der Waals surface area contributed by atoms with Crippen LogP contribution in [0.5, 0.6) is 0 Å². The van der Waals surface area contributed by atoms with Gasteiger partial charge in [0.25, 0.3) is 0 Å². The van der Waals surface area contributed by atoms with Gasteiger partial charge in [0, 0.05) is 61.8 Å². The van der Waals surface area contributed by atoms with Gasteiger partial charge in [-0.15, -0.1) is 11.3 Å². The van der Waals surface area contributed by atoms with E-state index < -0.39 is 29.8 Å². The van der Waals surface area contributed by atoms with Crippen molar-refractivity contribution in [2.45, 2.75) is 64.1 Å². The summed E-state index contributed by atoms with van der Waals surface area (Å²) in [4.78, 5) is 31.1. The Morgan fingerprint density at radius 3 is 2.41 bits per heavy atom. The van der Waals surface area contributed by atoms with E-state index in [-0.39, 0.29) is 40.6 Å². The van der Waals surface area contributed by atoms with E-state index in [0.29, 0.717) is 56.0 Å². The zero-order valence-corrected chi connectivity index (χ0v) is 25.2. The number of alkyl halides is 3. The molecule has 0 bridgehead atoms. The standard InChI is InChI=1S/C29H35F4N7O3S/c1-17-3-4-18(2)40(17)16-23-26(19-11-20(29(31,32)33)13-21(30)12-19)36-28(44-23)37-27(43)22-14-35-24(15-34-22)39-9-7-38(8-10-39)6-5-25(41)42/h11-15,17-18,27,43H,3-10,16H2,1-2H3,(H,36,37)(H,41,42)/t17-,18+,27?. The molecular weight excluding hydrogens is 602 g/mol. The van der Waals surface area contributed by atoms with Crippen molar-refractivity contribution in [3.63, 3.8) is 0 Å². The Morgan fingerprint density at radius 1 is 1.09 bits per heavy atom. The highest BCUT2D eigenvalue weighted by atomic mass is 32.1. The fourth-order valence-corrected chi connectivity index (χ4v) is 6.66. The summed E-state index contributed by atoms with van der Waals surface area (Å²) in [6.45, 7) is 7.80. The van der Waals surface area contributed by atoms with E-state index >= 15 is 0 Å². The van der Waals surface area contributed by atoms with Gasteiger partial charge >= 0.3 is 12.1 Å². The number of carboxylic acids is 1. The van der Waals surface area contributed by atoms with Crippen LogP contribution in [0.25, 0.3) is 11.3 Å². The number of nitrogens with zero attached hydrogens (tertiary/aromatic N) is 6. The lowest BCUT2D eigenvalue weighted by atomic mass is 10.1. The van der Waals surface area contributed by atoms with Gasteiger partial charge in [-0.3, -0.25) is 19.6 Å². The summed E-state index contributed by atoms with van der Waals surface area (Å²) in [5.41, 5.74) is -0.636. The van der Waals surface area contributed by atoms with Gasteiger partial charge in [0.15, 0.2) is 11.4 Å². The van der Waals surface area contributed by atoms with Crippen molar-refractivity contribution in [1.82, 2.24) is 24.8 Å². The van der Waals surface area contributed by atoms with Crippen LogP contribution >= 0.6 is 11.3 Å². The molecule has 2 aromatic heterocycles. The van der Waals surface area contributed by atoms with Crippen molar-refractivity contribution in [2.24, 2.45) is 0 Å². The number of rotatable bonds is 10. The Labute approximate surface area is 256 Å². The second kappa shape index (κ2) is 13.3. The second-order valence-electron chi connectivity index (χ2n) is 11.3. The van der Waals surface area contributed by atoms with Gasteiger partial charge in [0.05, 0.1) is 30.1 Å². The number of aliphatic carboxylic acids is 1. The molecule has 3 N–H and O–H groups in total. The van der Waals surface area contributed by atoms with Crippen LogP contribution in [-0.4, -0.2) is 85.7 Å². The van der Waals surface area contributed by atoms with Crippen LogP contribution in [0.15, 0.2) is 30.6 Å². The molecule has 3 atom stereocenters. The maximum Gasteiger partial charge on any atom is 0.416 e. The summed E-state index contributed by atoms with van der Waals surface area (Å²) in [5.74, 6) is -1.21. The second-order valence-corrected chi connectivity index (χ2v) is 12.4. The van der Waals surface area contributed by atoms with Crippen molar-refractivity contribution in [3.05, 3.63) is 52.5 Å². The number of hydrogen-bond acceptors (Lipinski definition) is 10. The van der Waals surface area contributed by atoms with Crippen LogP contribution in [0, 0.1) is 5.82 Å². The number of carboxylic acid groups (broad SMARTS) is 1. The van der Waals surface area contributed by atoms with Gasteiger partial charge in [0.1, 0.15) is 17.3 Å². The number of piperazine rings is 1. The third kappa shape index (κ3) is 7.62. The van der Waals surface area contributed by atoms with E-state index in [1.165, 1.54) is 17.5 Å². The Kier molecular flexibility index (Phi) is 9.68. The number of halogens is 4. The number of anilines is 2. The van der Waals surface area contributed by atoms with Gasteiger partial charge in [-0.1, -0.05) is 0 Å². The van der Waals surface area contributed by atoms with Gasteiger partial charge < -0.3 is 20.4 Å². The van der Waals surface area contributed by atoms with E-state index in [1.54, 1.807) is 6.20 Å². The summed E-state index contributed by atoms with van der Waals surface area (Å²) >= 11 is 1.19. The molecule has 0 spiro atoms. The Hall–Kier alpha value is -3.40. The molecule has 3 aromatic rings. The molecule has 2 aliphatic heterocycles. The van der Waals surface area contributed by atoms with Crippen molar-refractivity contribution < 1.29 is 32.6 Å². The van der Waals surface area contributed by atoms with Crippen LogP contribution < -0.4 is 10.2 Å². The van der Waals surface area contributed by atoms with Gasteiger partial charge in [-0.05, 0) is 44.9 Å². The van der Waals surface area contributed by atoms with Crippen molar-refractivity contribution in [3.8, 4) is 11.3 Å². The molecular formula is C29H35F4N7O3S. The molecule has 238 valence electrons. The number of nitrogens with one attached hydrogen (secondary N) is 1. The molecule has 2 saturated heterocycles. The maximum atomic E-state index is 14.4. The van der Waals surface area contributed by atoms with E-state index in [9.17, 15) is 27.5 Å². The molecule has 1 unspecified atom stereocenters. The normalized spacial score (nSPS) is 20.7. The summed E-state index contributed by atoms with van der Waals surface area (Å²) in [7, 11) is 0. The first-order valence-corrected chi connectivity index (χ1v) is 15.3. The first-order valence-electron chi connectivity index (χ1n) is 14.5. The Bertz CT molecular complexity index is 1440. The third-order valence-corrected chi connectivity index (χ3v) is 9.16. The molecule has 0 amide bonds. The lowest BCUT2D eigenvalue weighted by molar-refractivity contribution is -0.138. The zero-order chi connectivity index (χ0) is 31.6. The maximum absolute atomic E-state index is 14.4. The number of thiazole rings is 1. The molecule has 5 rings (SSSR count). The number of likely N-dealkylation sites (tertiary alicyclic amines) is 1. The molecule has 1 aromatic carbocycles. The monoisotopic (exact) mass is 637 g/mol. The fourth-order valence-electron chi connectivity index (χ4n) is 5.64. The molecule has 2 fully saturated rings. The number of aliphatic hydroxyl groups excluding tert-OH is 1. The average Bonchev–Trinajstić information content (AvgIpc) is 3.53. The third-order valence-electron chi connectivity index (χ3n) is 8.19. The van der Waals surface area contributed by atoms with Gasteiger partial charge in [-0.2, -0.15) is 13.2 Å². The van der Waals surface area contributed by atoms with Crippen LogP contribution in [0.1, 0.15) is 55.5 Å². The summed E-state index contributed by atoms with van der Waals surface area (Å²) in [5, 5.41) is 22.9. The first-order chi connectivity index (χ1) is 20.9. The lowest BCUT2D eigenvalue weighted by Crippen LogP contribution is -2.47. The number of hydrogen-bond donors (Lipinski definition) is 3. The minimum Gasteiger partial charge on any atom is -0.481 e. The summed E-state index contributed by atoms with van der Waals surface area (Å²) in [6, 6.07) is 2.93. The minimum atomic E-state index is -4.72. The van der Waals surface area contributed by atoms with Crippen LogP contribution in [0.2, 0.25) is 0 Å². The summed E-state index contributed by atoms with van der Waals surface area (Å²) in [6.07, 6.45) is -0.962. The van der Waals surface area contributed by atoms with Crippen LogP contribution in [0.3, 0.4) is 0 Å². The van der Waals surface area contributed by atoms with Gasteiger partial charge in [0.2, 0.25) is 0 Å². The highest BCUT2D eigenvalue weighted by Gasteiger charge is 2.33. The molecule has 0 saturated carbocycles. The molecule has 0 aliphatic carbocycles. The lowest BCUT2D eigenvalue weighted by Gasteiger charge is -2.35. The predicted molar refractivity (Wildman–Crippen MR) is 158 cm³/mol.